The molecule has 0 radical (unpaired) electrons. The quantitative estimate of drug-likeness (QED) is 0.691. The van der Waals surface area contributed by atoms with Gasteiger partial charge in [0.25, 0.3) is 5.91 Å². The molecule has 1 aliphatic heterocycles. The van der Waals surface area contributed by atoms with Gasteiger partial charge in [-0.25, -0.2) is 4.39 Å². The van der Waals surface area contributed by atoms with Gasteiger partial charge < -0.3 is 24.6 Å². The molecule has 2 aromatic rings. The van der Waals surface area contributed by atoms with Gasteiger partial charge in [0.1, 0.15) is 11.6 Å². The highest BCUT2D eigenvalue weighted by molar-refractivity contribution is 5.86. The normalized spacial score (nSPS) is 20.1. The highest BCUT2D eigenvalue weighted by Crippen LogP contribution is 2.25. The molecule has 0 aliphatic carbocycles. The van der Waals surface area contributed by atoms with Crippen LogP contribution >= 0.6 is 0 Å². The Hall–Kier alpha value is -2.38. The van der Waals surface area contributed by atoms with Gasteiger partial charge in [0.2, 0.25) is 0 Å². The van der Waals surface area contributed by atoms with Crippen LogP contribution in [-0.2, 0) is 17.9 Å². The lowest BCUT2D eigenvalue weighted by molar-refractivity contribution is -0.157. The van der Waals surface area contributed by atoms with E-state index >= 15 is 0 Å². The number of carbonyl (C=O) groups excluding carboxylic acids is 1. The first-order chi connectivity index (χ1) is 13.0. The van der Waals surface area contributed by atoms with Crippen molar-refractivity contribution < 1.29 is 19.0 Å². The lowest BCUT2D eigenvalue weighted by Crippen LogP contribution is -2.57. The van der Waals surface area contributed by atoms with Crippen LogP contribution in [0.1, 0.15) is 18.4 Å². The number of halogens is 1. The van der Waals surface area contributed by atoms with Gasteiger partial charge >= 0.3 is 0 Å². The van der Waals surface area contributed by atoms with Gasteiger partial charge in [0, 0.05) is 50.7 Å². The fourth-order valence-electron chi connectivity index (χ4n) is 3.41. The van der Waals surface area contributed by atoms with Crippen molar-refractivity contribution in [2.24, 2.45) is 0 Å². The molecule has 1 amide bonds. The smallest absolute Gasteiger partial charge is 0.256 e. The Labute approximate surface area is 158 Å². The van der Waals surface area contributed by atoms with Gasteiger partial charge in [-0.2, -0.15) is 0 Å². The zero-order valence-electron chi connectivity index (χ0n) is 15.5. The predicted octanol–water partition coefficient (Wildman–Crippen LogP) is 1.78. The molecule has 7 heteroatoms. The maximum absolute atomic E-state index is 14.1. The SMILES string of the molecule is COc1ccc(F)c(CN2CCC[C@](O)(CNCCn3cccc3)C2=O)c1. The van der Waals surface area contributed by atoms with E-state index < -0.39 is 5.60 Å². The number of likely N-dealkylation sites (tertiary alicyclic amines) is 1. The van der Waals surface area contributed by atoms with Crippen LogP contribution in [-0.4, -0.2) is 52.8 Å². The van der Waals surface area contributed by atoms with Crippen molar-refractivity contribution in [3.05, 3.63) is 54.1 Å². The second-order valence-corrected chi connectivity index (χ2v) is 6.92. The maximum atomic E-state index is 14.1. The summed E-state index contributed by atoms with van der Waals surface area (Å²) < 4.78 is 21.2. The largest absolute Gasteiger partial charge is 0.497 e. The van der Waals surface area contributed by atoms with Crippen molar-refractivity contribution >= 4 is 5.91 Å². The molecule has 146 valence electrons. The molecule has 0 saturated carbocycles. The van der Waals surface area contributed by atoms with Crippen LogP contribution in [0.2, 0.25) is 0 Å². The minimum atomic E-state index is -1.45. The zero-order chi connectivity index (χ0) is 19.3. The summed E-state index contributed by atoms with van der Waals surface area (Å²) in [6.07, 6.45) is 5.01. The van der Waals surface area contributed by atoms with Crippen LogP contribution in [0.4, 0.5) is 4.39 Å². The minimum Gasteiger partial charge on any atom is -0.497 e. The minimum absolute atomic E-state index is 0.119. The summed E-state index contributed by atoms with van der Waals surface area (Å²) in [5.74, 6) is -0.204. The van der Waals surface area contributed by atoms with Crippen LogP contribution in [0.5, 0.6) is 5.75 Å². The second kappa shape index (κ2) is 8.54. The molecule has 3 rings (SSSR count). The molecule has 1 aromatic heterocycles. The molecule has 2 N–H and O–H groups in total. The average Bonchev–Trinajstić information content (AvgIpc) is 3.18. The Morgan fingerprint density at radius 2 is 2.11 bits per heavy atom. The number of hydrogen-bond acceptors (Lipinski definition) is 4. The van der Waals surface area contributed by atoms with E-state index in [9.17, 15) is 14.3 Å². The number of amides is 1. The van der Waals surface area contributed by atoms with E-state index in [2.05, 4.69) is 5.32 Å². The van der Waals surface area contributed by atoms with Crippen molar-refractivity contribution in [2.45, 2.75) is 31.5 Å². The van der Waals surface area contributed by atoms with Crippen molar-refractivity contribution in [2.75, 3.05) is 26.7 Å². The summed E-state index contributed by atoms with van der Waals surface area (Å²) in [5, 5.41) is 14.0. The van der Waals surface area contributed by atoms with Crippen LogP contribution in [0.15, 0.2) is 42.7 Å². The summed E-state index contributed by atoms with van der Waals surface area (Å²) in [6, 6.07) is 8.37. The van der Waals surface area contributed by atoms with E-state index in [1.54, 1.807) is 12.1 Å². The Morgan fingerprint density at radius 3 is 2.85 bits per heavy atom. The molecule has 6 nitrogen and oxygen atoms in total. The van der Waals surface area contributed by atoms with Crippen LogP contribution in [0.25, 0.3) is 0 Å². The van der Waals surface area contributed by atoms with Gasteiger partial charge in [-0.15, -0.1) is 0 Å². The fourth-order valence-corrected chi connectivity index (χ4v) is 3.41. The van der Waals surface area contributed by atoms with E-state index in [1.165, 1.54) is 18.1 Å². The highest BCUT2D eigenvalue weighted by atomic mass is 19.1. The Balaban J connectivity index is 1.59. The molecule has 1 atom stereocenters. The number of nitrogens with zero attached hydrogens (tertiary/aromatic N) is 2. The molecular weight excluding hydrogens is 349 g/mol. The molecule has 2 heterocycles. The third kappa shape index (κ3) is 4.67. The maximum Gasteiger partial charge on any atom is 0.256 e. The van der Waals surface area contributed by atoms with Crippen molar-refractivity contribution in [1.29, 1.82) is 0 Å². The van der Waals surface area contributed by atoms with E-state index in [0.717, 1.165) is 6.54 Å². The van der Waals surface area contributed by atoms with Crippen LogP contribution in [0, 0.1) is 5.82 Å². The average molecular weight is 375 g/mol. The number of nitrogens with one attached hydrogen (secondary N) is 1. The summed E-state index contributed by atoms with van der Waals surface area (Å²) in [4.78, 5) is 14.3. The van der Waals surface area contributed by atoms with Gasteiger partial charge in [-0.1, -0.05) is 0 Å². The highest BCUT2D eigenvalue weighted by Gasteiger charge is 2.41. The molecule has 0 spiro atoms. The van der Waals surface area contributed by atoms with E-state index in [0.29, 0.717) is 37.2 Å². The Morgan fingerprint density at radius 1 is 1.33 bits per heavy atom. The van der Waals surface area contributed by atoms with E-state index in [1.807, 2.05) is 29.1 Å². The Kier molecular flexibility index (Phi) is 6.13. The van der Waals surface area contributed by atoms with Crippen molar-refractivity contribution in [3.63, 3.8) is 0 Å². The molecular formula is C20H26FN3O3. The number of aromatic nitrogens is 1. The fraction of sp³-hybridized carbons (Fsp3) is 0.450. The molecule has 0 unspecified atom stereocenters. The molecule has 27 heavy (non-hydrogen) atoms. The molecule has 0 bridgehead atoms. The van der Waals surface area contributed by atoms with Crippen molar-refractivity contribution in [1.82, 2.24) is 14.8 Å². The second-order valence-electron chi connectivity index (χ2n) is 6.92. The van der Waals surface area contributed by atoms with Gasteiger partial charge in [-0.05, 0) is 43.2 Å². The summed E-state index contributed by atoms with van der Waals surface area (Å²) in [5.41, 5.74) is -1.07. The van der Waals surface area contributed by atoms with Gasteiger partial charge in [0.05, 0.1) is 7.11 Å². The molecule has 1 fully saturated rings. The standard InChI is InChI=1S/C20H26FN3O3/c1-27-17-5-6-18(21)16(13-17)14-24-11-4-7-20(26,19(24)25)15-22-8-12-23-9-2-3-10-23/h2-3,5-6,9-10,13,22,26H,4,7-8,11-12,14-15H2,1H3/t20-/m0/s1. The lowest BCUT2D eigenvalue weighted by Gasteiger charge is -2.38. The number of methoxy groups -OCH3 is 1. The van der Waals surface area contributed by atoms with E-state index in [-0.39, 0.29) is 24.8 Å². The molecule has 1 saturated heterocycles. The number of hydrogen-bond donors (Lipinski definition) is 2. The van der Waals surface area contributed by atoms with Crippen LogP contribution < -0.4 is 10.1 Å². The summed E-state index contributed by atoms with van der Waals surface area (Å²) >= 11 is 0. The number of piperidine rings is 1. The monoisotopic (exact) mass is 375 g/mol. The third-order valence-corrected chi connectivity index (χ3v) is 4.95. The third-order valence-electron chi connectivity index (χ3n) is 4.95. The first-order valence-electron chi connectivity index (χ1n) is 9.17. The topological polar surface area (TPSA) is 66.7 Å². The van der Waals surface area contributed by atoms with Crippen molar-refractivity contribution in [3.8, 4) is 5.75 Å². The molecule has 1 aromatic carbocycles. The Bertz CT molecular complexity index is 766. The number of ether oxygens (including phenoxy) is 1. The molecule has 1 aliphatic rings. The summed E-state index contributed by atoms with van der Waals surface area (Å²) in [6.45, 7) is 2.21. The zero-order valence-corrected chi connectivity index (χ0v) is 15.5. The van der Waals surface area contributed by atoms with Gasteiger partial charge in [0.15, 0.2) is 5.60 Å². The first-order valence-corrected chi connectivity index (χ1v) is 9.17. The number of aliphatic hydroxyl groups is 1. The first kappa shape index (κ1) is 19.4. The van der Waals surface area contributed by atoms with E-state index in [4.69, 9.17) is 4.74 Å². The van der Waals surface area contributed by atoms with Gasteiger partial charge in [-0.3, -0.25) is 4.79 Å². The number of benzene rings is 1. The predicted molar refractivity (Wildman–Crippen MR) is 99.9 cm³/mol. The summed E-state index contributed by atoms with van der Waals surface area (Å²) in [7, 11) is 1.52. The number of rotatable bonds is 8. The number of carbonyl (C=O) groups is 1. The van der Waals surface area contributed by atoms with Crippen LogP contribution in [0.3, 0.4) is 0 Å². The lowest BCUT2D eigenvalue weighted by atomic mass is 9.91.